The fourth-order valence-corrected chi connectivity index (χ4v) is 4.22. The summed E-state index contributed by atoms with van der Waals surface area (Å²) in [6, 6.07) is 1.88. The smallest absolute Gasteiger partial charge is 0.332 e. The van der Waals surface area contributed by atoms with Gasteiger partial charge in [0.2, 0.25) is 0 Å². The molecule has 9 heteroatoms. The molecule has 23 heavy (non-hydrogen) atoms. The first-order valence-corrected chi connectivity index (χ1v) is 8.37. The number of nitrogens with zero attached hydrogens (tertiary/aromatic N) is 3. The molecular weight excluding hydrogens is 382 g/mol. The molecule has 0 aliphatic rings. The first-order chi connectivity index (χ1) is 10.9. The van der Waals surface area contributed by atoms with E-state index in [2.05, 4.69) is 20.9 Å². The summed E-state index contributed by atoms with van der Waals surface area (Å²) in [6.07, 6.45) is 0. The number of nitrogens with two attached hydrogens (primary N) is 2. The molecule has 0 fully saturated rings. The van der Waals surface area contributed by atoms with Crippen LogP contribution in [0.2, 0.25) is 0 Å². The molecule has 0 saturated carbocycles. The van der Waals surface area contributed by atoms with Crippen LogP contribution in [0, 0.1) is 0 Å². The largest absolute Gasteiger partial charge is 0.383 e. The van der Waals surface area contributed by atoms with E-state index in [1.807, 2.05) is 11.4 Å². The van der Waals surface area contributed by atoms with Crippen LogP contribution in [0.1, 0.15) is 5.56 Å². The maximum atomic E-state index is 12.7. The highest BCUT2D eigenvalue weighted by Crippen LogP contribution is 2.39. The summed E-state index contributed by atoms with van der Waals surface area (Å²) in [4.78, 5) is 30.0. The number of aryl methyl sites for hydroxylation is 1. The number of hydrogen-bond acceptors (Lipinski definition) is 6. The fourth-order valence-electron chi connectivity index (χ4n) is 2.57. The average Bonchev–Trinajstić information content (AvgIpc) is 2.95. The number of pyridine rings is 1. The van der Waals surface area contributed by atoms with Crippen molar-refractivity contribution >= 4 is 44.1 Å². The van der Waals surface area contributed by atoms with E-state index in [1.54, 1.807) is 7.05 Å². The first-order valence-electron chi connectivity index (χ1n) is 6.70. The molecule has 0 saturated heterocycles. The molecule has 3 heterocycles. The van der Waals surface area contributed by atoms with E-state index in [0.29, 0.717) is 16.5 Å². The van der Waals surface area contributed by atoms with Gasteiger partial charge in [-0.3, -0.25) is 13.9 Å². The minimum absolute atomic E-state index is 0.139. The summed E-state index contributed by atoms with van der Waals surface area (Å²) in [6.45, 7) is 0.139. The summed E-state index contributed by atoms with van der Waals surface area (Å²) < 4.78 is 3.21. The number of thiophene rings is 1. The lowest BCUT2D eigenvalue weighted by atomic mass is 10.0. The Morgan fingerprint density at radius 2 is 2.00 bits per heavy atom. The lowest BCUT2D eigenvalue weighted by molar-refractivity contribution is 0.708. The van der Waals surface area contributed by atoms with Crippen LogP contribution < -0.4 is 22.7 Å². The van der Waals surface area contributed by atoms with Gasteiger partial charge in [0.15, 0.2) is 5.65 Å². The summed E-state index contributed by atoms with van der Waals surface area (Å²) >= 11 is 4.94. The normalized spacial score (nSPS) is 11.3. The second-order valence-electron chi connectivity index (χ2n) is 5.06. The van der Waals surface area contributed by atoms with E-state index in [4.69, 9.17) is 11.5 Å². The van der Waals surface area contributed by atoms with E-state index in [9.17, 15) is 9.59 Å². The van der Waals surface area contributed by atoms with Crippen LogP contribution in [-0.2, 0) is 20.6 Å². The van der Waals surface area contributed by atoms with Crippen LogP contribution in [-0.4, -0.2) is 14.1 Å². The molecule has 0 bridgehead atoms. The highest BCUT2D eigenvalue weighted by atomic mass is 79.9. The zero-order valence-corrected chi connectivity index (χ0v) is 14.9. The molecule has 3 aromatic rings. The van der Waals surface area contributed by atoms with Crippen LogP contribution in [0.25, 0.3) is 21.5 Å². The Morgan fingerprint density at radius 3 is 2.57 bits per heavy atom. The molecule has 3 aromatic heterocycles. The van der Waals surface area contributed by atoms with Crippen molar-refractivity contribution in [2.45, 2.75) is 6.54 Å². The molecular formula is C14H14BrN5O2S. The summed E-state index contributed by atoms with van der Waals surface area (Å²) in [5.41, 5.74) is 12.5. The van der Waals surface area contributed by atoms with E-state index in [1.165, 1.54) is 23.0 Å². The Kier molecular flexibility index (Phi) is 3.86. The van der Waals surface area contributed by atoms with Gasteiger partial charge in [-0.1, -0.05) is 0 Å². The van der Waals surface area contributed by atoms with Gasteiger partial charge in [-0.2, -0.15) is 0 Å². The van der Waals surface area contributed by atoms with Crippen molar-refractivity contribution in [1.82, 2.24) is 14.1 Å². The van der Waals surface area contributed by atoms with Crippen molar-refractivity contribution in [2.75, 3.05) is 5.73 Å². The van der Waals surface area contributed by atoms with Crippen LogP contribution in [0.4, 0.5) is 5.82 Å². The zero-order chi connectivity index (χ0) is 16.9. The number of fused-ring (bicyclic) bond motifs is 1. The molecule has 0 spiro atoms. The summed E-state index contributed by atoms with van der Waals surface area (Å²) in [5, 5.41) is 2.24. The van der Waals surface area contributed by atoms with Gasteiger partial charge in [0, 0.05) is 41.1 Å². The monoisotopic (exact) mass is 395 g/mol. The van der Waals surface area contributed by atoms with E-state index < -0.39 is 11.2 Å². The molecule has 7 nitrogen and oxygen atoms in total. The average molecular weight is 396 g/mol. The maximum absolute atomic E-state index is 12.7. The van der Waals surface area contributed by atoms with Crippen LogP contribution in [0.5, 0.6) is 0 Å². The van der Waals surface area contributed by atoms with Crippen LogP contribution in [0.3, 0.4) is 0 Å². The van der Waals surface area contributed by atoms with E-state index >= 15 is 0 Å². The minimum atomic E-state index is -0.453. The Labute approximate surface area is 143 Å². The number of aromatic nitrogens is 3. The predicted molar refractivity (Wildman–Crippen MR) is 95.5 cm³/mol. The van der Waals surface area contributed by atoms with Crippen molar-refractivity contribution in [3.63, 3.8) is 0 Å². The summed E-state index contributed by atoms with van der Waals surface area (Å²) in [5.74, 6) is 0.221. The molecule has 0 radical (unpaired) electrons. The van der Waals surface area contributed by atoms with Crippen molar-refractivity contribution in [1.29, 1.82) is 0 Å². The van der Waals surface area contributed by atoms with Crippen LogP contribution >= 0.6 is 27.3 Å². The third-order valence-electron chi connectivity index (χ3n) is 3.77. The second-order valence-corrected chi connectivity index (χ2v) is 6.83. The number of anilines is 1. The number of halogens is 1. The molecule has 0 amide bonds. The SMILES string of the molecule is Cn1c(=O)c2c(-c3sccc3Br)c(CN)c(N)nc2n(C)c1=O. The molecule has 0 atom stereocenters. The number of nitrogen functional groups attached to an aromatic ring is 1. The quantitative estimate of drug-likeness (QED) is 0.676. The van der Waals surface area contributed by atoms with Gasteiger partial charge in [-0.05, 0) is 27.4 Å². The molecule has 0 aliphatic carbocycles. The van der Waals surface area contributed by atoms with Crippen molar-refractivity contribution < 1.29 is 0 Å². The molecule has 120 valence electrons. The van der Waals surface area contributed by atoms with Gasteiger partial charge in [0.25, 0.3) is 5.56 Å². The highest BCUT2D eigenvalue weighted by Gasteiger charge is 2.22. The maximum Gasteiger partial charge on any atom is 0.332 e. The predicted octanol–water partition coefficient (Wildman–Crippen LogP) is 1.16. The fraction of sp³-hybridized carbons (Fsp3) is 0.214. The Balaban J connectivity index is 2.68. The second kappa shape index (κ2) is 5.59. The van der Waals surface area contributed by atoms with E-state index in [-0.39, 0.29) is 18.0 Å². The Bertz CT molecular complexity index is 1050. The standard InChI is InChI=1S/C14H14BrN5O2S/c1-19-12-9(13(21)20(2)14(19)22)8(6(5-16)11(17)18-12)10-7(15)3-4-23-10/h3-4H,5,16H2,1-2H3,(H2,17,18). The zero-order valence-electron chi connectivity index (χ0n) is 12.5. The Hall–Kier alpha value is -1.97. The van der Waals surface area contributed by atoms with Gasteiger partial charge in [-0.25, -0.2) is 9.78 Å². The molecule has 0 unspecified atom stereocenters. The third kappa shape index (κ3) is 2.23. The topological polar surface area (TPSA) is 109 Å². The van der Waals surface area contributed by atoms with Gasteiger partial charge < -0.3 is 11.5 Å². The van der Waals surface area contributed by atoms with Crippen molar-refractivity contribution in [3.8, 4) is 10.4 Å². The van der Waals surface area contributed by atoms with Gasteiger partial charge in [0.1, 0.15) is 5.82 Å². The van der Waals surface area contributed by atoms with Crippen molar-refractivity contribution in [3.05, 3.63) is 42.3 Å². The van der Waals surface area contributed by atoms with Gasteiger partial charge >= 0.3 is 5.69 Å². The van der Waals surface area contributed by atoms with Crippen LogP contribution in [0.15, 0.2) is 25.5 Å². The molecule has 0 aromatic carbocycles. The molecule has 0 aliphatic heterocycles. The number of hydrogen-bond donors (Lipinski definition) is 2. The van der Waals surface area contributed by atoms with E-state index in [0.717, 1.165) is 13.9 Å². The summed E-state index contributed by atoms with van der Waals surface area (Å²) in [7, 11) is 3.00. The lowest BCUT2D eigenvalue weighted by Crippen LogP contribution is -2.37. The van der Waals surface area contributed by atoms with Crippen molar-refractivity contribution in [2.24, 2.45) is 19.8 Å². The van der Waals surface area contributed by atoms with Gasteiger partial charge in [0.05, 0.1) is 5.39 Å². The minimum Gasteiger partial charge on any atom is -0.383 e. The molecule has 3 rings (SSSR count). The molecule has 4 N–H and O–H groups in total. The highest BCUT2D eigenvalue weighted by molar-refractivity contribution is 9.10. The number of rotatable bonds is 2. The van der Waals surface area contributed by atoms with Gasteiger partial charge in [-0.15, -0.1) is 11.3 Å². The lowest BCUT2D eigenvalue weighted by Gasteiger charge is -2.15. The third-order valence-corrected chi connectivity index (χ3v) is 5.62. The first kappa shape index (κ1) is 15.9. The Morgan fingerprint density at radius 1 is 1.30 bits per heavy atom.